The van der Waals surface area contributed by atoms with Gasteiger partial charge in [-0.05, 0) is 38.1 Å². The van der Waals surface area contributed by atoms with Gasteiger partial charge in [0.15, 0.2) is 5.78 Å². The van der Waals surface area contributed by atoms with Gasteiger partial charge in [0.2, 0.25) is 0 Å². The lowest BCUT2D eigenvalue weighted by Gasteiger charge is -2.23. The summed E-state index contributed by atoms with van der Waals surface area (Å²) in [6, 6.07) is 4.53. The summed E-state index contributed by atoms with van der Waals surface area (Å²) in [4.78, 5) is 14.3. The zero-order valence-corrected chi connectivity index (χ0v) is 11.5. The summed E-state index contributed by atoms with van der Waals surface area (Å²) in [5.41, 5.74) is 0.326. The van der Waals surface area contributed by atoms with Crippen molar-refractivity contribution in [2.45, 2.75) is 31.7 Å². The molecule has 1 aliphatic rings. The van der Waals surface area contributed by atoms with Crippen molar-refractivity contribution >= 4 is 5.78 Å². The average molecular weight is 265 g/mol. The van der Waals surface area contributed by atoms with E-state index in [0.29, 0.717) is 23.9 Å². The van der Waals surface area contributed by atoms with E-state index < -0.39 is 5.82 Å². The van der Waals surface area contributed by atoms with Gasteiger partial charge in [-0.3, -0.25) is 9.69 Å². The number of hydrogen-bond acceptors (Lipinski definition) is 3. The van der Waals surface area contributed by atoms with Crippen molar-refractivity contribution in [1.29, 1.82) is 0 Å². The summed E-state index contributed by atoms with van der Waals surface area (Å²) >= 11 is 0. The first-order valence-electron chi connectivity index (χ1n) is 6.69. The molecular weight excluding hydrogens is 245 g/mol. The van der Waals surface area contributed by atoms with Crippen molar-refractivity contribution in [2.75, 3.05) is 20.7 Å². The predicted molar refractivity (Wildman–Crippen MR) is 72.2 cm³/mol. The molecule has 0 bridgehead atoms. The predicted octanol–water partition coefficient (Wildman–Crippen LogP) is 2.89. The van der Waals surface area contributed by atoms with Gasteiger partial charge >= 0.3 is 0 Å². The van der Waals surface area contributed by atoms with Gasteiger partial charge in [-0.1, -0.05) is 12.8 Å². The van der Waals surface area contributed by atoms with Gasteiger partial charge in [-0.15, -0.1) is 0 Å². The number of rotatable bonds is 5. The summed E-state index contributed by atoms with van der Waals surface area (Å²) in [5, 5.41) is 0. The maximum atomic E-state index is 13.3. The number of likely N-dealkylation sites (N-methyl/N-ethyl adjacent to an activating group) is 1. The zero-order valence-electron chi connectivity index (χ0n) is 11.5. The van der Waals surface area contributed by atoms with Crippen molar-refractivity contribution in [3.8, 4) is 5.75 Å². The molecule has 1 aliphatic carbocycles. The molecule has 0 N–H and O–H groups in total. The molecule has 0 saturated heterocycles. The molecule has 1 saturated carbocycles. The lowest BCUT2D eigenvalue weighted by atomic mass is 10.1. The molecule has 0 atom stereocenters. The van der Waals surface area contributed by atoms with E-state index in [2.05, 4.69) is 4.90 Å². The number of carbonyl (C=O) groups excluding carboxylic acids is 1. The van der Waals surface area contributed by atoms with E-state index in [1.807, 2.05) is 7.05 Å². The van der Waals surface area contributed by atoms with Crippen LogP contribution in [-0.2, 0) is 0 Å². The highest BCUT2D eigenvalue weighted by molar-refractivity contribution is 6.00. The summed E-state index contributed by atoms with van der Waals surface area (Å²) in [7, 11) is 3.45. The fraction of sp³-hybridized carbons (Fsp3) is 0.533. The topological polar surface area (TPSA) is 29.5 Å². The second kappa shape index (κ2) is 6.15. The average Bonchev–Trinajstić information content (AvgIpc) is 2.92. The Morgan fingerprint density at radius 3 is 2.74 bits per heavy atom. The molecule has 2 rings (SSSR count). The zero-order chi connectivity index (χ0) is 13.8. The van der Waals surface area contributed by atoms with Crippen molar-refractivity contribution in [3.05, 3.63) is 29.6 Å². The molecule has 3 nitrogen and oxygen atoms in total. The lowest BCUT2D eigenvalue weighted by molar-refractivity contribution is 0.0917. The molecule has 0 spiro atoms. The van der Waals surface area contributed by atoms with Gasteiger partial charge in [-0.2, -0.15) is 0 Å². The smallest absolute Gasteiger partial charge is 0.180 e. The third-order valence-corrected chi connectivity index (χ3v) is 3.80. The maximum Gasteiger partial charge on any atom is 0.180 e. The summed E-state index contributed by atoms with van der Waals surface area (Å²) < 4.78 is 18.4. The van der Waals surface area contributed by atoms with E-state index >= 15 is 0 Å². The molecular formula is C15H20FNO2. The molecule has 4 heteroatoms. The van der Waals surface area contributed by atoms with Crippen LogP contribution in [0.1, 0.15) is 36.0 Å². The Labute approximate surface area is 113 Å². The molecule has 0 amide bonds. The van der Waals surface area contributed by atoms with Crippen molar-refractivity contribution in [3.63, 3.8) is 0 Å². The fourth-order valence-electron chi connectivity index (χ4n) is 2.68. The molecule has 104 valence electrons. The van der Waals surface area contributed by atoms with Crippen LogP contribution >= 0.6 is 0 Å². The Bertz CT molecular complexity index is 455. The van der Waals surface area contributed by atoms with Crippen molar-refractivity contribution in [2.24, 2.45) is 0 Å². The Kier molecular flexibility index (Phi) is 4.53. The van der Waals surface area contributed by atoms with Crippen molar-refractivity contribution in [1.82, 2.24) is 4.90 Å². The lowest BCUT2D eigenvalue weighted by Crippen LogP contribution is -2.34. The van der Waals surface area contributed by atoms with Gasteiger partial charge < -0.3 is 4.74 Å². The van der Waals surface area contributed by atoms with Gasteiger partial charge in [0.1, 0.15) is 11.6 Å². The van der Waals surface area contributed by atoms with Crippen LogP contribution < -0.4 is 4.74 Å². The van der Waals surface area contributed by atoms with E-state index in [4.69, 9.17) is 4.74 Å². The van der Waals surface area contributed by atoms with E-state index in [1.54, 1.807) is 0 Å². The first kappa shape index (κ1) is 14.0. The van der Waals surface area contributed by atoms with Gasteiger partial charge in [-0.25, -0.2) is 4.39 Å². The number of ketones is 1. The first-order valence-corrected chi connectivity index (χ1v) is 6.69. The Morgan fingerprint density at radius 2 is 2.11 bits per heavy atom. The van der Waals surface area contributed by atoms with Gasteiger partial charge in [0, 0.05) is 6.04 Å². The van der Waals surface area contributed by atoms with E-state index in [0.717, 1.165) is 12.8 Å². The minimum absolute atomic E-state index is 0.0919. The van der Waals surface area contributed by atoms with Crippen molar-refractivity contribution < 1.29 is 13.9 Å². The minimum atomic E-state index is -0.410. The quantitative estimate of drug-likeness (QED) is 0.767. The van der Waals surface area contributed by atoms with Crippen LogP contribution in [0, 0.1) is 5.82 Å². The number of benzene rings is 1. The normalized spacial score (nSPS) is 16.0. The molecule has 0 aromatic heterocycles. The second-order valence-electron chi connectivity index (χ2n) is 5.12. The van der Waals surface area contributed by atoms with E-state index in [-0.39, 0.29) is 5.78 Å². The molecule has 0 aliphatic heterocycles. The first-order chi connectivity index (χ1) is 9.11. The highest BCUT2D eigenvalue weighted by Gasteiger charge is 2.23. The largest absolute Gasteiger partial charge is 0.496 e. The molecule has 1 fully saturated rings. The molecule has 0 unspecified atom stereocenters. The number of carbonyl (C=O) groups is 1. The van der Waals surface area contributed by atoms with Crippen LogP contribution in [0.4, 0.5) is 4.39 Å². The number of nitrogens with zero attached hydrogens (tertiary/aromatic N) is 1. The van der Waals surface area contributed by atoms with Crippen LogP contribution in [0.25, 0.3) is 0 Å². The highest BCUT2D eigenvalue weighted by Crippen LogP contribution is 2.24. The highest BCUT2D eigenvalue weighted by atomic mass is 19.1. The summed E-state index contributed by atoms with van der Waals surface area (Å²) in [5.74, 6) is -0.0651. The van der Waals surface area contributed by atoms with Crippen LogP contribution in [0.5, 0.6) is 5.75 Å². The fourth-order valence-corrected chi connectivity index (χ4v) is 2.68. The molecule has 0 heterocycles. The molecule has 1 aromatic rings. The molecule has 19 heavy (non-hydrogen) atoms. The Morgan fingerprint density at radius 1 is 1.42 bits per heavy atom. The molecule has 0 radical (unpaired) electrons. The summed E-state index contributed by atoms with van der Waals surface area (Å²) in [6.07, 6.45) is 4.74. The monoisotopic (exact) mass is 265 g/mol. The minimum Gasteiger partial charge on any atom is -0.496 e. The third-order valence-electron chi connectivity index (χ3n) is 3.80. The Hall–Kier alpha value is -1.42. The number of halogens is 1. The Balaban J connectivity index is 2.08. The number of methoxy groups -OCH3 is 1. The maximum absolute atomic E-state index is 13.3. The summed E-state index contributed by atoms with van der Waals surface area (Å²) in [6.45, 7) is 0.310. The standard InChI is InChI=1S/C15H20FNO2/c1-17(12-5-3-4-6-12)10-14(18)13-9-11(16)7-8-15(13)19-2/h7-9,12H,3-6,10H2,1-2H3. The number of hydrogen-bond donors (Lipinski definition) is 0. The second-order valence-corrected chi connectivity index (χ2v) is 5.12. The van der Waals surface area contributed by atoms with Crippen LogP contribution in [0.2, 0.25) is 0 Å². The van der Waals surface area contributed by atoms with Crippen LogP contribution in [-0.4, -0.2) is 37.4 Å². The van der Waals surface area contributed by atoms with Gasteiger partial charge in [0.25, 0.3) is 0 Å². The number of Topliss-reactive ketones (excluding diaryl/α,β-unsaturated/α-hetero) is 1. The van der Waals surface area contributed by atoms with E-state index in [9.17, 15) is 9.18 Å². The third kappa shape index (κ3) is 3.32. The molecule has 1 aromatic carbocycles. The van der Waals surface area contributed by atoms with Crippen LogP contribution in [0.3, 0.4) is 0 Å². The van der Waals surface area contributed by atoms with Gasteiger partial charge in [0.05, 0.1) is 19.2 Å². The van der Waals surface area contributed by atoms with Crippen LogP contribution in [0.15, 0.2) is 18.2 Å². The number of ether oxygens (including phenoxy) is 1. The van der Waals surface area contributed by atoms with E-state index in [1.165, 1.54) is 38.2 Å². The SMILES string of the molecule is COc1ccc(F)cc1C(=O)CN(C)C1CCCC1.